The number of rotatable bonds is 3. The summed E-state index contributed by atoms with van der Waals surface area (Å²) in [7, 11) is 0. The van der Waals surface area contributed by atoms with Crippen LogP contribution in [0.1, 0.15) is 17.5 Å². The van der Waals surface area contributed by atoms with Crippen LogP contribution in [0.2, 0.25) is 0 Å². The predicted molar refractivity (Wildman–Crippen MR) is 47.0 cm³/mol. The Kier molecular flexibility index (Phi) is 3.71. The summed E-state index contributed by atoms with van der Waals surface area (Å²) in [5, 5.41) is 8.36. The van der Waals surface area contributed by atoms with Crippen molar-refractivity contribution in [3.8, 4) is 0 Å². The summed E-state index contributed by atoms with van der Waals surface area (Å²) in [5.74, 6) is -5.33. The summed E-state index contributed by atoms with van der Waals surface area (Å²) in [6.07, 6.45) is -5.83. The van der Waals surface area contributed by atoms with Gasteiger partial charge in [-0.15, -0.1) is 0 Å². The molecule has 0 amide bonds. The van der Waals surface area contributed by atoms with Gasteiger partial charge in [0.25, 0.3) is 5.92 Å². The summed E-state index contributed by atoms with van der Waals surface area (Å²) in [6.45, 7) is -0.895. The van der Waals surface area contributed by atoms with Crippen LogP contribution in [-0.4, -0.2) is 11.7 Å². The van der Waals surface area contributed by atoms with Crippen LogP contribution in [0, 0.1) is 5.82 Å². The van der Waals surface area contributed by atoms with Gasteiger partial charge < -0.3 is 5.11 Å². The lowest BCUT2D eigenvalue weighted by molar-refractivity contribution is -0.137. The first-order valence-corrected chi connectivity index (χ1v) is 4.54. The lowest BCUT2D eigenvalue weighted by atomic mass is 10.0. The monoisotopic (exact) mass is 258 g/mol. The van der Waals surface area contributed by atoms with Crippen LogP contribution < -0.4 is 0 Å². The minimum Gasteiger partial charge on any atom is -0.396 e. The quantitative estimate of drug-likeness (QED) is 0.824. The van der Waals surface area contributed by atoms with Gasteiger partial charge >= 0.3 is 6.18 Å². The van der Waals surface area contributed by atoms with Crippen molar-refractivity contribution in [2.75, 3.05) is 6.61 Å². The highest BCUT2D eigenvalue weighted by Crippen LogP contribution is 2.36. The summed E-state index contributed by atoms with van der Waals surface area (Å²) in [6, 6.07) is 0.776. The number of halogens is 6. The largest absolute Gasteiger partial charge is 0.416 e. The summed E-state index contributed by atoms with van der Waals surface area (Å²) in [5.41, 5.74) is -2.49. The summed E-state index contributed by atoms with van der Waals surface area (Å²) >= 11 is 0. The van der Waals surface area contributed by atoms with Crippen molar-refractivity contribution in [2.45, 2.75) is 18.5 Å². The zero-order chi connectivity index (χ0) is 13.3. The van der Waals surface area contributed by atoms with Crippen molar-refractivity contribution in [1.82, 2.24) is 0 Å². The molecule has 0 saturated carbocycles. The second-order valence-corrected chi connectivity index (χ2v) is 3.37. The maximum atomic E-state index is 13.2. The highest BCUT2D eigenvalue weighted by molar-refractivity contribution is 5.29. The Morgan fingerprint density at radius 1 is 1.06 bits per heavy atom. The number of benzene rings is 1. The lowest BCUT2D eigenvalue weighted by Crippen LogP contribution is -2.18. The molecule has 0 bridgehead atoms. The zero-order valence-corrected chi connectivity index (χ0v) is 8.36. The third-order valence-corrected chi connectivity index (χ3v) is 2.12. The molecule has 1 aromatic carbocycles. The van der Waals surface area contributed by atoms with Crippen LogP contribution >= 0.6 is 0 Å². The maximum Gasteiger partial charge on any atom is 0.416 e. The number of alkyl halides is 5. The van der Waals surface area contributed by atoms with E-state index in [4.69, 9.17) is 5.11 Å². The Morgan fingerprint density at radius 2 is 1.65 bits per heavy atom. The molecular weight excluding hydrogens is 250 g/mol. The van der Waals surface area contributed by atoms with Crippen molar-refractivity contribution in [3.05, 3.63) is 35.1 Å². The summed E-state index contributed by atoms with van der Waals surface area (Å²) in [4.78, 5) is 0. The minimum atomic E-state index is -4.79. The molecule has 0 spiro atoms. The van der Waals surface area contributed by atoms with Crippen LogP contribution in [-0.2, 0) is 12.1 Å². The molecule has 17 heavy (non-hydrogen) atoms. The molecule has 1 aromatic rings. The van der Waals surface area contributed by atoms with E-state index < -0.39 is 42.1 Å². The van der Waals surface area contributed by atoms with Gasteiger partial charge in [0, 0.05) is 13.0 Å². The van der Waals surface area contributed by atoms with Crippen LogP contribution in [0.15, 0.2) is 18.2 Å². The van der Waals surface area contributed by atoms with E-state index in [1.807, 2.05) is 0 Å². The van der Waals surface area contributed by atoms with Crippen LogP contribution in [0.3, 0.4) is 0 Å². The Balaban J connectivity index is 3.14. The van der Waals surface area contributed by atoms with Gasteiger partial charge in [0.1, 0.15) is 5.82 Å². The highest BCUT2D eigenvalue weighted by atomic mass is 19.4. The first-order chi connectivity index (χ1) is 7.68. The number of hydrogen-bond acceptors (Lipinski definition) is 1. The molecule has 0 fully saturated rings. The normalized spacial score (nSPS) is 12.9. The standard InChI is InChI=1S/C10H8F6O/c11-8-5-6(10(14,15)16)1-2-7(8)9(12,13)3-4-17/h1-2,5,17H,3-4H2. The molecule has 7 heteroatoms. The molecule has 0 aromatic heterocycles. The van der Waals surface area contributed by atoms with E-state index in [0.29, 0.717) is 12.1 Å². The first kappa shape index (κ1) is 13.8. The van der Waals surface area contributed by atoms with Crippen LogP contribution in [0.5, 0.6) is 0 Å². The van der Waals surface area contributed by atoms with Gasteiger partial charge in [-0.25, -0.2) is 13.2 Å². The second kappa shape index (κ2) is 4.56. The molecule has 0 heterocycles. The second-order valence-electron chi connectivity index (χ2n) is 3.37. The average Bonchev–Trinajstić information content (AvgIpc) is 2.15. The first-order valence-electron chi connectivity index (χ1n) is 4.54. The van der Waals surface area contributed by atoms with E-state index in [0.717, 1.165) is 0 Å². The van der Waals surface area contributed by atoms with Gasteiger partial charge in [0.15, 0.2) is 0 Å². The molecule has 0 atom stereocenters. The van der Waals surface area contributed by atoms with Crippen molar-refractivity contribution in [1.29, 1.82) is 0 Å². The van der Waals surface area contributed by atoms with E-state index in [9.17, 15) is 26.3 Å². The Bertz CT molecular complexity index is 398. The molecule has 0 radical (unpaired) electrons. The third-order valence-electron chi connectivity index (χ3n) is 2.12. The fraction of sp³-hybridized carbons (Fsp3) is 0.400. The van der Waals surface area contributed by atoms with Crippen LogP contribution in [0.4, 0.5) is 26.3 Å². The molecule has 1 N–H and O–H groups in total. The van der Waals surface area contributed by atoms with Gasteiger partial charge in [-0.3, -0.25) is 0 Å². The van der Waals surface area contributed by atoms with E-state index in [1.165, 1.54) is 0 Å². The molecule has 1 rings (SSSR count). The maximum absolute atomic E-state index is 13.2. The predicted octanol–water partition coefficient (Wildman–Crippen LogP) is 3.32. The highest BCUT2D eigenvalue weighted by Gasteiger charge is 2.37. The van der Waals surface area contributed by atoms with Crippen molar-refractivity contribution in [2.24, 2.45) is 0 Å². The molecule has 1 nitrogen and oxygen atoms in total. The van der Waals surface area contributed by atoms with Gasteiger partial charge in [-0.05, 0) is 18.2 Å². The number of hydrogen-bond donors (Lipinski definition) is 1. The van der Waals surface area contributed by atoms with E-state index in [2.05, 4.69) is 0 Å². The molecule has 96 valence electrons. The van der Waals surface area contributed by atoms with Gasteiger partial charge in [-0.2, -0.15) is 13.2 Å². The fourth-order valence-corrected chi connectivity index (χ4v) is 1.26. The van der Waals surface area contributed by atoms with Gasteiger partial charge in [-0.1, -0.05) is 0 Å². The van der Waals surface area contributed by atoms with Crippen molar-refractivity contribution in [3.63, 3.8) is 0 Å². The third kappa shape index (κ3) is 3.12. The molecule has 0 aliphatic rings. The van der Waals surface area contributed by atoms with E-state index >= 15 is 0 Å². The van der Waals surface area contributed by atoms with Crippen molar-refractivity contribution < 1.29 is 31.4 Å². The SMILES string of the molecule is OCCC(F)(F)c1ccc(C(F)(F)F)cc1F. The van der Waals surface area contributed by atoms with Crippen LogP contribution in [0.25, 0.3) is 0 Å². The molecule has 0 saturated heterocycles. The van der Waals surface area contributed by atoms with E-state index in [1.54, 1.807) is 0 Å². The number of aliphatic hydroxyl groups is 1. The summed E-state index contributed by atoms with van der Waals surface area (Å²) < 4.78 is 75.9. The van der Waals surface area contributed by atoms with Gasteiger partial charge in [0.2, 0.25) is 0 Å². The Hall–Kier alpha value is -1.24. The molecular formula is C10H8F6O. The molecule has 0 aliphatic carbocycles. The van der Waals surface area contributed by atoms with Gasteiger partial charge in [0.05, 0.1) is 11.1 Å². The minimum absolute atomic E-state index is 0.0145. The molecule has 0 unspecified atom stereocenters. The average molecular weight is 258 g/mol. The Labute approximate surface area is 92.7 Å². The molecule has 0 aliphatic heterocycles. The fourth-order valence-electron chi connectivity index (χ4n) is 1.26. The Morgan fingerprint density at radius 3 is 2.06 bits per heavy atom. The topological polar surface area (TPSA) is 20.2 Å². The smallest absolute Gasteiger partial charge is 0.396 e. The van der Waals surface area contributed by atoms with Crippen molar-refractivity contribution >= 4 is 0 Å². The number of aliphatic hydroxyl groups excluding tert-OH is 1. The van der Waals surface area contributed by atoms with E-state index in [-0.39, 0.29) is 6.07 Å². The zero-order valence-electron chi connectivity index (χ0n) is 8.36. The lowest BCUT2D eigenvalue weighted by Gasteiger charge is -2.17.